The van der Waals surface area contributed by atoms with Crippen LogP contribution in [0.15, 0.2) is 48.7 Å². The third-order valence-corrected chi connectivity index (χ3v) is 4.10. The summed E-state index contributed by atoms with van der Waals surface area (Å²) in [4.78, 5) is 4.48. The topological polar surface area (TPSA) is 86.5 Å². The Labute approximate surface area is 152 Å². The molecule has 1 heterocycles. The summed E-state index contributed by atoms with van der Waals surface area (Å²) >= 11 is 0. The summed E-state index contributed by atoms with van der Waals surface area (Å²) in [7, 11) is 0. The summed E-state index contributed by atoms with van der Waals surface area (Å²) in [5.41, 5.74) is 4.71. The van der Waals surface area contributed by atoms with Gasteiger partial charge in [-0.05, 0) is 36.1 Å². The zero-order valence-corrected chi connectivity index (χ0v) is 14.8. The largest absolute Gasteiger partial charge is 0.338 e. The molecule has 130 valence electrons. The van der Waals surface area contributed by atoms with E-state index in [1.165, 1.54) is 11.1 Å². The van der Waals surface area contributed by atoms with Crippen LogP contribution in [-0.4, -0.2) is 15.2 Å². The van der Waals surface area contributed by atoms with E-state index in [9.17, 15) is 5.26 Å². The molecule has 3 rings (SSSR count). The highest BCUT2D eigenvalue weighted by atomic mass is 15.3. The fraction of sp³-hybridized carbons (Fsp3) is 0.200. The number of para-hydroxylation sites is 2. The lowest BCUT2D eigenvalue weighted by atomic mass is 10.0. The van der Waals surface area contributed by atoms with Crippen LogP contribution in [0.5, 0.6) is 0 Å². The van der Waals surface area contributed by atoms with Crippen LogP contribution in [0, 0.1) is 11.3 Å². The maximum atomic E-state index is 9.20. The molecule has 0 spiro atoms. The van der Waals surface area contributed by atoms with Crippen LogP contribution in [0.4, 0.5) is 23.1 Å². The Hall–Kier alpha value is -3.46. The molecule has 6 nitrogen and oxygen atoms in total. The van der Waals surface area contributed by atoms with Crippen LogP contribution in [0.25, 0.3) is 0 Å². The summed E-state index contributed by atoms with van der Waals surface area (Å²) in [5, 5.41) is 23.7. The lowest BCUT2D eigenvalue weighted by molar-refractivity contribution is 0.979. The van der Waals surface area contributed by atoms with Crippen LogP contribution in [0.1, 0.15) is 30.5 Å². The first-order valence-corrected chi connectivity index (χ1v) is 8.58. The van der Waals surface area contributed by atoms with Gasteiger partial charge in [0.25, 0.3) is 0 Å². The summed E-state index contributed by atoms with van der Waals surface area (Å²) in [6.07, 6.45) is 3.44. The standard InChI is InChI=1S/C20H20N6/c1-3-14-9-7-10-15(4-2)19(14)24-18-13-22-26-20(25-18)23-17-11-6-5-8-16(17)12-21/h5-11,13H,3-4H2,1-2H3,(H2,23,24,25,26). The highest BCUT2D eigenvalue weighted by Crippen LogP contribution is 2.26. The van der Waals surface area contributed by atoms with Gasteiger partial charge in [0.05, 0.1) is 17.4 Å². The minimum absolute atomic E-state index is 0.338. The summed E-state index contributed by atoms with van der Waals surface area (Å²) < 4.78 is 0. The Morgan fingerprint density at radius 3 is 2.38 bits per heavy atom. The first-order chi connectivity index (χ1) is 12.7. The second kappa shape index (κ2) is 8.08. The van der Waals surface area contributed by atoms with E-state index in [0.717, 1.165) is 18.5 Å². The van der Waals surface area contributed by atoms with Crippen molar-refractivity contribution in [2.24, 2.45) is 0 Å². The molecule has 0 aliphatic heterocycles. The number of rotatable bonds is 6. The van der Waals surface area contributed by atoms with Gasteiger partial charge in [-0.15, -0.1) is 5.10 Å². The molecule has 0 atom stereocenters. The second-order valence-corrected chi connectivity index (χ2v) is 5.73. The molecule has 2 N–H and O–H groups in total. The first kappa shape index (κ1) is 17.4. The predicted octanol–water partition coefficient (Wildman–Crippen LogP) is 4.36. The molecular formula is C20H20N6. The second-order valence-electron chi connectivity index (χ2n) is 5.73. The number of nitrogens with one attached hydrogen (secondary N) is 2. The normalized spacial score (nSPS) is 10.2. The summed E-state index contributed by atoms with van der Waals surface area (Å²) in [5.74, 6) is 0.942. The Balaban J connectivity index is 1.88. The molecule has 0 amide bonds. The van der Waals surface area contributed by atoms with Crippen molar-refractivity contribution in [3.8, 4) is 6.07 Å². The number of nitriles is 1. The van der Waals surface area contributed by atoms with E-state index >= 15 is 0 Å². The molecule has 0 bridgehead atoms. The molecule has 2 aromatic carbocycles. The SMILES string of the molecule is CCc1cccc(CC)c1Nc1cnnc(Nc2ccccc2C#N)n1. The average Bonchev–Trinajstić information content (AvgIpc) is 2.69. The fourth-order valence-corrected chi connectivity index (χ4v) is 2.76. The van der Waals surface area contributed by atoms with Crippen molar-refractivity contribution in [3.05, 3.63) is 65.4 Å². The molecule has 0 saturated carbocycles. The van der Waals surface area contributed by atoms with Gasteiger partial charge in [-0.2, -0.15) is 15.3 Å². The number of benzene rings is 2. The lowest BCUT2D eigenvalue weighted by Gasteiger charge is -2.15. The molecule has 0 unspecified atom stereocenters. The van der Waals surface area contributed by atoms with E-state index in [1.54, 1.807) is 12.3 Å². The van der Waals surface area contributed by atoms with E-state index < -0.39 is 0 Å². The van der Waals surface area contributed by atoms with Crippen LogP contribution >= 0.6 is 0 Å². The van der Waals surface area contributed by atoms with E-state index in [4.69, 9.17) is 0 Å². The summed E-state index contributed by atoms with van der Waals surface area (Å²) in [6, 6.07) is 15.7. The summed E-state index contributed by atoms with van der Waals surface area (Å²) in [6.45, 7) is 4.26. The van der Waals surface area contributed by atoms with Gasteiger partial charge in [0.1, 0.15) is 6.07 Å². The van der Waals surface area contributed by atoms with Gasteiger partial charge in [-0.3, -0.25) is 0 Å². The minimum Gasteiger partial charge on any atom is -0.338 e. The molecule has 26 heavy (non-hydrogen) atoms. The van der Waals surface area contributed by atoms with Crippen molar-refractivity contribution in [2.75, 3.05) is 10.6 Å². The van der Waals surface area contributed by atoms with Gasteiger partial charge in [0.2, 0.25) is 5.95 Å². The molecule has 0 aliphatic carbocycles. The highest BCUT2D eigenvalue weighted by Gasteiger charge is 2.09. The number of nitrogens with zero attached hydrogens (tertiary/aromatic N) is 4. The average molecular weight is 344 g/mol. The molecule has 0 fully saturated rings. The smallest absolute Gasteiger partial charge is 0.249 e. The van der Waals surface area contributed by atoms with Crippen molar-refractivity contribution in [1.29, 1.82) is 5.26 Å². The van der Waals surface area contributed by atoms with Crippen molar-refractivity contribution in [2.45, 2.75) is 26.7 Å². The lowest BCUT2D eigenvalue weighted by Crippen LogP contribution is -2.05. The van der Waals surface area contributed by atoms with Crippen molar-refractivity contribution in [3.63, 3.8) is 0 Å². The number of hydrogen-bond acceptors (Lipinski definition) is 6. The van der Waals surface area contributed by atoms with Crippen LogP contribution in [-0.2, 0) is 12.8 Å². The van der Waals surface area contributed by atoms with Crippen molar-refractivity contribution < 1.29 is 0 Å². The molecule has 1 aromatic heterocycles. The van der Waals surface area contributed by atoms with E-state index in [-0.39, 0.29) is 0 Å². The third kappa shape index (κ3) is 3.78. The number of anilines is 4. The van der Waals surface area contributed by atoms with Gasteiger partial charge in [0, 0.05) is 5.69 Å². The third-order valence-electron chi connectivity index (χ3n) is 4.10. The molecule has 3 aromatic rings. The van der Waals surface area contributed by atoms with Gasteiger partial charge in [0.15, 0.2) is 5.82 Å². The number of aromatic nitrogens is 3. The molecule has 0 aliphatic rings. The quantitative estimate of drug-likeness (QED) is 0.691. The Kier molecular flexibility index (Phi) is 5.40. The van der Waals surface area contributed by atoms with Crippen LogP contribution in [0.2, 0.25) is 0 Å². The minimum atomic E-state index is 0.338. The Bertz CT molecular complexity index is 923. The van der Waals surface area contributed by atoms with Crippen molar-refractivity contribution in [1.82, 2.24) is 15.2 Å². The first-order valence-electron chi connectivity index (χ1n) is 8.58. The predicted molar refractivity (Wildman–Crippen MR) is 103 cm³/mol. The van der Waals surface area contributed by atoms with E-state index in [1.807, 2.05) is 18.2 Å². The Morgan fingerprint density at radius 1 is 0.962 bits per heavy atom. The van der Waals surface area contributed by atoms with Gasteiger partial charge < -0.3 is 10.6 Å². The van der Waals surface area contributed by atoms with Crippen molar-refractivity contribution >= 4 is 23.1 Å². The fourth-order valence-electron chi connectivity index (χ4n) is 2.76. The maximum Gasteiger partial charge on any atom is 0.249 e. The zero-order valence-electron chi connectivity index (χ0n) is 14.8. The van der Waals surface area contributed by atoms with E-state index in [0.29, 0.717) is 23.0 Å². The number of hydrogen-bond donors (Lipinski definition) is 2. The monoisotopic (exact) mass is 344 g/mol. The molecular weight excluding hydrogens is 324 g/mol. The maximum absolute atomic E-state index is 9.20. The van der Waals surface area contributed by atoms with Gasteiger partial charge in [-0.1, -0.05) is 44.2 Å². The van der Waals surface area contributed by atoms with E-state index in [2.05, 4.69) is 63.9 Å². The zero-order chi connectivity index (χ0) is 18.4. The number of aryl methyl sites for hydroxylation is 2. The Morgan fingerprint density at radius 2 is 1.69 bits per heavy atom. The van der Waals surface area contributed by atoms with Gasteiger partial charge in [-0.25, -0.2) is 0 Å². The van der Waals surface area contributed by atoms with Crippen LogP contribution in [0.3, 0.4) is 0 Å². The van der Waals surface area contributed by atoms with Gasteiger partial charge >= 0.3 is 0 Å². The highest BCUT2D eigenvalue weighted by molar-refractivity contribution is 5.67. The molecule has 0 radical (unpaired) electrons. The molecule has 6 heteroatoms. The van der Waals surface area contributed by atoms with Crippen LogP contribution < -0.4 is 10.6 Å². The molecule has 0 saturated heterocycles.